The molecule has 0 amide bonds. The number of rotatable bonds is 3. The molecule has 2 N–H and O–H groups in total. The molecule has 0 heterocycles. The van der Waals surface area contributed by atoms with E-state index in [0.717, 1.165) is 22.4 Å². The number of hydrogen-bond acceptors (Lipinski definition) is 2. The van der Waals surface area contributed by atoms with Gasteiger partial charge in [0.05, 0.1) is 13.2 Å². The Bertz CT molecular complexity index is 622. The summed E-state index contributed by atoms with van der Waals surface area (Å²) in [6.07, 6.45) is 0. The maximum atomic E-state index is 14.0. The Morgan fingerprint density at radius 2 is 1.90 bits per heavy atom. The van der Waals surface area contributed by atoms with E-state index in [-0.39, 0.29) is 0 Å². The van der Waals surface area contributed by atoms with Crippen molar-refractivity contribution in [3.8, 4) is 5.75 Å². The van der Waals surface area contributed by atoms with Crippen molar-refractivity contribution in [2.75, 3.05) is 7.11 Å². The van der Waals surface area contributed by atoms with Crippen LogP contribution in [0.1, 0.15) is 28.3 Å². The second-order valence-corrected chi connectivity index (χ2v) is 5.20. The van der Waals surface area contributed by atoms with Crippen LogP contribution >= 0.6 is 11.6 Å². The molecule has 2 aromatic rings. The average molecular weight is 294 g/mol. The highest BCUT2D eigenvalue weighted by Gasteiger charge is 2.19. The Morgan fingerprint density at radius 3 is 2.50 bits per heavy atom. The van der Waals surface area contributed by atoms with Crippen LogP contribution in [0.25, 0.3) is 0 Å². The Hall–Kier alpha value is -1.58. The van der Waals surface area contributed by atoms with Crippen molar-refractivity contribution in [2.45, 2.75) is 19.9 Å². The topological polar surface area (TPSA) is 35.2 Å². The lowest BCUT2D eigenvalue weighted by molar-refractivity contribution is 0.411. The first kappa shape index (κ1) is 14.8. The van der Waals surface area contributed by atoms with Gasteiger partial charge in [0.2, 0.25) is 0 Å². The highest BCUT2D eigenvalue weighted by atomic mass is 35.5. The molecule has 2 aromatic carbocycles. The van der Waals surface area contributed by atoms with Crippen molar-refractivity contribution < 1.29 is 9.13 Å². The fourth-order valence-electron chi connectivity index (χ4n) is 2.33. The van der Waals surface area contributed by atoms with Gasteiger partial charge in [-0.15, -0.1) is 0 Å². The summed E-state index contributed by atoms with van der Waals surface area (Å²) >= 11 is 6.08. The third kappa shape index (κ3) is 2.65. The van der Waals surface area contributed by atoms with Crippen LogP contribution in [0.4, 0.5) is 4.39 Å². The largest absolute Gasteiger partial charge is 0.496 e. The summed E-state index contributed by atoms with van der Waals surface area (Å²) in [6, 6.07) is 7.80. The average Bonchev–Trinajstić information content (AvgIpc) is 2.40. The first-order chi connectivity index (χ1) is 9.45. The minimum Gasteiger partial charge on any atom is -0.496 e. The maximum Gasteiger partial charge on any atom is 0.129 e. The van der Waals surface area contributed by atoms with E-state index in [1.807, 2.05) is 26.0 Å². The lowest BCUT2D eigenvalue weighted by atomic mass is 9.93. The second kappa shape index (κ2) is 5.81. The highest BCUT2D eigenvalue weighted by molar-refractivity contribution is 6.31. The summed E-state index contributed by atoms with van der Waals surface area (Å²) in [6.45, 7) is 3.85. The molecule has 0 saturated heterocycles. The number of nitrogens with two attached hydrogens (primary N) is 1. The molecule has 1 atom stereocenters. The number of benzene rings is 2. The molecule has 0 radical (unpaired) electrons. The molecule has 2 nitrogen and oxygen atoms in total. The monoisotopic (exact) mass is 293 g/mol. The van der Waals surface area contributed by atoms with Crippen LogP contribution in [0.5, 0.6) is 5.75 Å². The zero-order valence-electron chi connectivity index (χ0n) is 11.7. The van der Waals surface area contributed by atoms with Crippen LogP contribution in [0.2, 0.25) is 5.02 Å². The maximum absolute atomic E-state index is 14.0. The van der Waals surface area contributed by atoms with Crippen LogP contribution in [-0.2, 0) is 0 Å². The van der Waals surface area contributed by atoms with Crippen molar-refractivity contribution in [3.05, 3.63) is 63.4 Å². The summed E-state index contributed by atoms with van der Waals surface area (Å²) in [5.41, 5.74) is 9.28. The van der Waals surface area contributed by atoms with Gasteiger partial charge in [0, 0.05) is 10.6 Å². The molecule has 106 valence electrons. The van der Waals surface area contributed by atoms with E-state index in [9.17, 15) is 4.39 Å². The van der Waals surface area contributed by atoms with Gasteiger partial charge in [-0.2, -0.15) is 0 Å². The molecule has 0 fully saturated rings. The molecular formula is C16H17ClFNO. The summed E-state index contributed by atoms with van der Waals surface area (Å²) < 4.78 is 19.2. The fraction of sp³-hybridized carbons (Fsp3) is 0.250. The number of ether oxygens (including phenoxy) is 1. The highest BCUT2D eigenvalue weighted by Crippen LogP contribution is 2.33. The molecule has 20 heavy (non-hydrogen) atoms. The molecule has 2 rings (SSSR count). The van der Waals surface area contributed by atoms with Crippen molar-refractivity contribution in [1.82, 2.24) is 0 Å². The van der Waals surface area contributed by atoms with Crippen molar-refractivity contribution in [3.63, 3.8) is 0 Å². The predicted molar refractivity (Wildman–Crippen MR) is 79.9 cm³/mol. The van der Waals surface area contributed by atoms with E-state index in [4.69, 9.17) is 22.1 Å². The summed E-state index contributed by atoms with van der Waals surface area (Å²) in [4.78, 5) is 0. The number of aryl methyl sites for hydroxylation is 2. The van der Waals surface area contributed by atoms with E-state index in [0.29, 0.717) is 10.6 Å². The molecule has 0 aromatic heterocycles. The zero-order valence-corrected chi connectivity index (χ0v) is 12.5. The molecule has 0 aliphatic carbocycles. The Morgan fingerprint density at radius 1 is 1.20 bits per heavy atom. The van der Waals surface area contributed by atoms with Crippen LogP contribution < -0.4 is 10.5 Å². The second-order valence-electron chi connectivity index (χ2n) is 4.79. The molecule has 0 saturated carbocycles. The number of methoxy groups -OCH3 is 1. The van der Waals surface area contributed by atoms with Crippen LogP contribution in [-0.4, -0.2) is 7.11 Å². The van der Waals surface area contributed by atoms with Gasteiger partial charge in [-0.05, 0) is 48.7 Å². The third-order valence-electron chi connectivity index (χ3n) is 3.43. The van der Waals surface area contributed by atoms with Gasteiger partial charge in [0.15, 0.2) is 0 Å². The lowest BCUT2D eigenvalue weighted by Crippen LogP contribution is -2.16. The minimum atomic E-state index is -0.603. The molecular weight excluding hydrogens is 277 g/mol. The van der Waals surface area contributed by atoms with Crippen molar-refractivity contribution in [2.24, 2.45) is 5.73 Å². The van der Waals surface area contributed by atoms with Gasteiger partial charge >= 0.3 is 0 Å². The van der Waals surface area contributed by atoms with Gasteiger partial charge < -0.3 is 10.5 Å². The van der Waals surface area contributed by atoms with Crippen molar-refractivity contribution in [1.29, 1.82) is 0 Å². The number of halogens is 2. The minimum absolute atomic E-state index is 0.321. The molecule has 1 unspecified atom stereocenters. The van der Waals surface area contributed by atoms with E-state index in [2.05, 4.69) is 0 Å². The van der Waals surface area contributed by atoms with Gasteiger partial charge in [0.1, 0.15) is 11.6 Å². The number of hydrogen-bond donors (Lipinski definition) is 1. The quantitative estimate of drug-likeness (QED) is 0.922. The standard InChI is InChI=1S/C16H17ClFNO/c1-9-8-14(20-3)10(2)7-11(9)16(19)15-12(17)5-4-6-13(15)18/h4-8,16H,19H2,1-3H3. The molecule has 0 spiro atoms. The first-order valence-electron chi connectivity index (χ1n) is 6.30. The summed E-state index contributed by atoms with van der Waals surface area (Å²) in [5.74, 6) is 0.399. The van der Waals surface area contributed by atoms with E-state index >= 15 is 0 Å². The van der Waals surface area contributed by atoms with E-state index in [1.165, 1.54) is 6.07 Å². The third-order valence-corrected chi connectivity index (χ3v) is 3.76. The van der Waals surface area contributed by atoms with Crippen LogP contribution in [0.3, 0.4) is 0 Å². The van der Waals surface area contributed by atoms with Crippen LogP contribution in [0, 0.1) is 19.7 Å². The van der Waals surface area contributed by atoms with Crippen LogP contribution in [0.15, 0.2) is 30.3 Å². The predicted octanol–water partition coefficient (Wildman–Crippen LogP) is 4.15. The normalized spacial score (nSPS) is 12.3. The molecule has 0 aliphatic heterocycles. The SMILES string of the molecule is COc1cc(C)c(C(N)c2c(F)cccc2Cl)cc1C. The van der Waals surface area contributed by atoms with Gasteiger partial charge in [0.25, 0.3) is 0 Å². The first-order valence-corrected chi connectivity index (χ1v) is 6.68. The Kier molecular flexibility index (Phi) is 4.31. The Balaban J connectivity index is 2.54. The summed E-state index contributed by atoms with van der Waals surface area (Å²) in [7, 11) is 1.62. The smallest absolute Gasteiger partial charge is 0.129 e. The van der Waals surface area contributed by atoms with E-state index in [1.54, 1.807) is 19.2 Å². The summed E-state index contributed by atoms with van der Waals surface area (Å²) in [5, 5.41) is 0.338. The van der Waals surface area contributed by atoms with Gasteiger partial charge in [-0.1, -0.05) is 23.7 Å². The van der Waals surface area contributed by atoms with E-state index < -0.39 is 11.9 Å². The van der Waals surface area contributed by atoms with Crippen molar-refractivity contribution >= 4 is 11.6 Å². The zero-order chi connectivity index (χ0) is 14.9. The Labute approximate surface area is 123 Å². The molecule has 0 bridgehead atoms. The van der Waals surface area contributed by atoms with Gasteiger partial charge in [-0.3, -0.25) is 0 Å². The molecule has 4 heteroatoms. The van der Waals surface area contributed by atoms with Gasteiger partial charge in [-0.25, -0.2) is 4.39 Å². The fourth-order valence-corrected chi connectivity index (χ4v) is 2.61. The molecule has 0 aliphatic rings. The lowest BCUT2D eigenvalue weighted by Gasteiger charge is -2.19.